The van der Waals surface area contributed by atoms with Gasteiger partial charge in [0.15, 0.2) is 0 Å². The number of hydrogen-bond acceptors (Lipinski definition) is 7. The number of ether oxygens (including phenoxy) is 2. The molecule has 0 radical (unpaired) electrons. The number of aryl methyl sites for hydroxylation is 1. The molecule has 0 saturated heterocycles. The number of aliphatic hydroxyl groups is 1. The summed E-state index contributed by atoms with van der Waals surface area (Å²) in [7, 11) is -1.81. The van der Waals surface area contributed by atoms with Crippen LogP contribution in [-0.4, -0.2) is 58.3 Å². The standard InChI is InChI=1S/C38H50ClN3O6S/c1-24-8-7-10-34(47-4)32-15-12-29(32)23-42-22-28-11-14-31(39)18-26(28)9-5-6-17-48-35-16-13-27(19-33(35)42)36(43)40-49(46,25(24)2)41-37(44)30-20-38(3,45)21-30/h7,10-11,13-14,16,18-19,24-25,29-30,32,34,45H,5-6,8-9,12,15,17,20-23H2,1-4H3,(H,40,41,43,44,46)/b10-7+/t24-,25+,29-,30-,32+,34-,38+,49?/m0/s1. The van der Waals surface area contributed by atoms with E-state index in [0.29, 0.717) is 42.2 Å². The first-order valence-electron chi connectivity index (χ1n) is 17.7. The largest absolute Gasteiger partial charge is 0.491 e. The molecular weight excluding hydrogens is 662 g/mol. The van der Waals surface area contributed by atoms with E-state index in [1.807, 2.05) is 19.1 Å². The maximum Gasteiger partial charge on any atom is 0.286 e. The summed E-state index contributed by atoms with van der Waals surface area (Å²) in [5, 5.41) is 10.3. The zero-order valence-corrected chi connectivity index (χ0v) is 30.6. The Labute approximate surface area is 296 Å². The Bertz CT molecular complexity index is 1710. The number of nitrogens with one attached hydrogen (secondary N) is 1. The molecule has 0 aromatic heterocycles. The SMILES string of the molecule is CO[C@H]1/C=C/C[C@H](C)[C@@H](C)S(=O)(NC(=O)[C@H]2C[C@@](C)(O)C2)=NC(=O)c2ccc3c(c2)N(Cc2ccc(Cl)cc2CCCCO3)C[C@@H]2CC[C@H]21. The lowest BCUT2D eigenvalue weighted by molar-refractivity contribution is -0.137. The van der Waals surface area contributed by atoms with E-state index in [1.165, 1.54) is 11.1 Å². The van der Waals surface area contributed by atoms with Gasteiger partial charge in [0, 0.05) is 36.7 Å². The molecular formula is C38H50ClN3O6S. The summed E-state index contributed by atoms with van der Waals surface area (Å²) in [6, 6.07) is 11.4. The molecule has 49 heavy (non-hydrogen) atoms. The number of carbonyl (C=O) groups excluding carboxylic acids is 2. The van der Waals surface area contributed by atoms with Crippen LogP contribution in [0.5, 0.6) is 5.75 Å². The molecule has 2 aromatic carbocycles. The predicted molar refractivity (Wildman–Crippen MR) is 193 cm³/mol. The summed E-state index contributed by atoms with van der Waals surface area (Å²) in [4.78, 5) is 29.7. The van der Waals surface area contributed by atoms with Crippen LogP contribution in [0.3, 0.4) is 0 Å². The Balaban J connectivity index is 1.45. The molecule has 2 aliphatic carbocycles. The minimum atomic E-state index is -3.56. The number of anilines is 1. The van der Waals surface area contributed by atoms with Gasteiger partial charge < -0.3 is 19.5 Å². The van der Waals surface area contributed by atoms with Crippen LogP contribution < -0.4 is 14.4 Å². The van der Waals surface area contributed by atoms with E-state index in [2.05, 4.69) is 38.3 Å². The second-order valence-electron chi connectivity index (χ2n) is 14.9. The van der Waals surface area contributed by atoms with Crippen LogP contribution in [0.25, 0.3) is 0 Å². The molecule has 0 spiro atoms. The molecule has 6 rings (SSSR count). The first-order chi connectivity index (χ1) is 23.4. The van der Waals surface area contributed by atoms with Crippen LogP contribution in [0.4, 0.5) is 5.69 Å². The van der Waals surface area contributed by atoms with Crippen LogP contribution in [0.15, 0.2) is 52.9 Å². The predicted octanol–water partition coefficient (Wildman–Crippen LogP) is 6.89. The summed E-state index contributed by atoms with van der Waals surface area (Å²) in [6.07, 6.45) is 10.1. The quantitative estimate of drug-likeness (QED) is 0.333. The van der Waals surface area contributed by atoms with Crippen molar-refractivity contribution in [3.63, 3.8) is 0 Å². The lowest BCUT2D eigenvalue weighted by Gasteiger charge is -2.43. The number of amides is 2. The first kappa shape index (κ1) is 35.9. The number of halogens is 1. The zero-order chi connectivity index (χ0) is 34.9. The average Bonchev–Trinajstić information content (AvgIpc) is 3.06. The number of allylic oxidation sites excluding steroid dienone is 1. The van der Waals surface area contributed by atoms with Crippen molar-refractivity contribution in [1.29, 1.82) is 0 Å². The van der Waals surface area contributed by atoms with Gasteiger partial charge in [-0.3, -0.25) is 14.3 Å². The van der Waals surface area contributed by atoms with Gasteiger partial charge >= 0.3 is 0 Å². The number of methoxy groups -OCH3 is 1. The van der Waals surface area contributed by atoms with Gasteiger partial charge in [0.1, 0.15) is 15.7 Å². The van der Waals surface area contributed by atoms with E-state index in [4.69, 9.17) is 21.1 Å². The third-order valence-electron chi connectivity index (χ3n) is 11.1. The average molecular weight is 712 g/mol. The van der Waals surface area contributed by atoms with Gasteiger partial charge in [-0.1, -0.05) is 36.7 Å². The molecule has 2 fully saturated rings. The van der Waals surface area contributed by atoms with Crippen molar-refractivity contribution in [3.05, 3.63) is 70.3 Å². The summed E-state index contributed by atoms with van der Waals surface area (Å²) in [6.45, 7) is 7.28. The van der Waals surface area contributed by atoms with Crippen LogP contribution in [-0.2, 0) is 32.4 Å². The van der Waals surface area contributed by atoms with Crippen LogP contribution in [0.2, 0.25) is 5.02 Å². The van der Waals surface area contributed by atoms with Gasteiger partial charge in [0.2, 0.25) is 5.91 Å². The van der Waals surface area contributed by atoms with Crippen molar-refractivity contribution >= 4 is 39.0 Å². The zero-order valence-electron chi connectivity index (χ0n) is 29.0. The van der Waals surface area contributed by atoms with E-state index >= 15 is 0 Å². The highest BCUT2D eigenvalue weighted by Crippen LogP contribution is 2.42. The van der Waals surface area contributed by atoms with Crippen LogP contribution >= 0.6 is 11.6 Å². The monoisotopic (exact) mass is 711 g/mol. The van der Waals surface area contributed by atoms with Crippen molar-refractivity contribution in [1.82, 2.24) is 4.72 Å². The van der Waals surface area contributed by atoms with Crippen molar-refractivity contribution in [2.45, 2.75) is 95.6 Å². The van der Waals surface area contributed by atoms with E-state index in [9.17, 15) is 18.9 Å². The highest BCUT2D eigenvalue weighted by atomic mass is 35.5. The number of rotatable bonds is 3. The molecule has 2 N–H and O–H groups in total. The Hall–Kier alpha value is -2.92. The van der Waals surface area contributed by atoms with Gasteiger partial charge in [-0.25, -0.2) is 4.21 Å². The van der Waals surface area contributed by atoms with Gasteiger partial charge in [-0.2, -0.15) is 0 Å². The second kappa shape index (κ2) is 14.7. The van der Waals surface area contributed by atoms with E-state index in [1.54, 1.807) is 33.1 Å². The van der Waals surface area contributed by atoms with Crippen molar-refractivity contribution < 1.29 is 28.4 Å². The van der Waals surface area contributed by atoms with Gasteiger partial charge in [-0.05, 0) is 124 Å². The molecule has 6 atom stereocenters. The molecule has 11 heteroatoms. The van der Waals surface area contributed by atoms with Crippen LogP contribution in [0.1, 0.15) is 87.2 Å². The normalized spacial score (nSPS) is 34.3. The maximum atomic E-state index is 14.7. The molecule has 2 amide bonds. The number of fused-ring (bicyclic) bond motifs is 3. The number of hydrogen-bond donors (Lipinski definition) is 2. The highest BCUT2D eigenvalue weighted by Gasteiger charge is 2.44. The third-order valence-corrected chi connectivity index (χ3v) is 13.8. The minimum absolute atomic E-state index is 0.0759. The maximum absolute atomic E-state index is 14.7. The topological polar surface area (TPSA) is 118 Å². The van der Waals surface area contributed by atoms with Gasteiger partial charge in [0.25, 0.3) is 5.91 Å². The summed E-state index contributed by atoms with van der Waals surface area (Å²) in [5.41, 5.74) is 2.51. The molecule has 266 valence electrons. The second-order valence-corrected chi connectivity index (χ2v) is 17.6. The molecule has 1 unspecified atom stereocenters. The lowest BCUT2D eigenvalue weighted by Crippen LogP contribution is -2.51. The fraction of sp³-hybridized carbons (Fsp3) is 0.579. The molecule has 4 aliphatic rings. The minimum Gasteiger partial charge on any atom is -0.491 e. The lowest BCUT2D eigenvalue weighted by atomic mass is 9.70. The Morgan fingerprint density at radius 3 is 2.65 bits per heavy atom. The molecule has 9 nitrogen and oxygen atoms in total. The number of nitrogens with zero attached hydrogens (tertiary/aromatic N) is 2. The first-order valence-corrected chi connectivity index (χ1v) is 19.6. The summed E-state index contributed by atoms with van der Waals surface area (Å²) in [5.74, 6) is -0.406. The number of benzene rings is 2. The fourth-order valence-electron chi connectivity index (χ4n) is 7.71. The Morgan fingerprint density at radius 1 is 1.14 bits per heavy atom. The molecule has 2 bridgehead atoms. The Kier molecular flexibility index (Phi) is 10.8. The molecule has 2 aromatic rings. The molecule has 2 heterocycles. The number of carbonyl (C=O) groups is 2. The third kappa shape index (κ3) is 8.03. The van der Waals surface area contributed by atoms with E-state index in [-0.39, 0.29) is 30.4 Å². The Morgan fingerprint density at radius 2 is 1.94 bits per heavy atom. The summed E-state index contributed by atoms with van der Waals surface area (Å²) >= 11 is 6.46. The van der Waals surface area contributed by atoms with E-state index < -0.39 is 38.5 Å². The van der Waals surface area contributed by atoms with Crippen molar-refractivity contribution in [3.8, 4) is 5.75 Å². The fourth-order valence-corrected chi connectivity index (χ4v) is 9.85. The van der Waals surface area contributed by atoms with Crippen molar-refractivity contribution in [2.24, 2.45) is 28.0 Å². The molecule has 2 aliphatic heterocycles. The van der Waals surface area contributed by atoms with Gasteiger partial charge in [-0.15, -0.1) is 4.36 Å². The van der Waals surface area contributed by atoms with Crippen molar-refractivity contribution in [2.75, 3.05) is 25.2 Å². The highest BCUT2D eigenvalue weighted by molar-refractivity contribution is 7.93. The van der Waals surface area contributed by atoms with Gasteiger partial charge in [0.05, 0.1) is 29.2 Å². The summed E-state index contributed by atoms with van der Waals surface area (Å²) < 4.78 is 34.2. The molecule has 2 saturated carbocycles. The van der Waals surface area contributed by atoms with E-state index in [0.717, 1.165) is 44.3 Å². The smallest absolute Gasteiger partial charge is 0.286 e. The van der Waals surface area contributed by atoms with Crippen LogP contribution in [0, 0.1) is 23.7 Å².